The lowest BCUT2D eigenvalue weighted by Crippen LogP contribution is -2.23. The van der Waals surface area contributed by atoms with Gasteiger partial charge in [0.1, 0.15) is 0 Å². The van der Waals surface area contributed by atoms with Gasteiger partial charge < -0.3 is 10.4 Å². The summed E-state index contributed by atoms with van der Waals surface area (Å²) in [6, 6.07) is 0. The number of hydrogen-bond acceptors (Lipinski definition) is 2. The molecule has 4 nitrogen and oxygen atoms in total. The molecule has 1 amide bonds. The number of aliphatic carboxylic acids is 1. The summed E-state index contributed by atoms with van der Waals surface area (Å²) in [5.74, 6) is -1.20. The maximum atomic E-state index is 10.9. The predicted octanol–water partition coefficient (Wildman–Crippen LogP) is 0.710. The molecular formula is C9H13NO3. The number of carboxylic acids is 1. The number of carbonyl (C=O) groups is 2. The minimum atomic E-state index is -0.919. The molecule has 0 aromatic carbocycles. The van der Waals surface area contributed by atoms with Gasteiger partial charge in [0.15, 0.2) is 0 Å². The minimum absolute atomic E-state index is 0.0524. The van der Waals surface area contributed by atoms with Gasteiger partial charge in [-0.3, -0.25) is 9.59 Å². The van der Waals surface area contributed by atoms with Crippen molar-refractivity contribution in [1.29, 1.82) is 0 Å². The van der Waals surface area contributed by atoms with Crippen molar-refractivity contribution in [3.05, 3.63) is 24.3 Å². The highest BCUT2D eigenvalue weighted by molar-refractivity contribution is 5.87. The highest BCUT2D eigenvalue weighted by Gasteiger charge is 1.97. The van der Waals surface area contributed by atoms with Crippen molar-refractivity contribution in [3.8, 4) is 0 Å². The Hall–Kier alpha value is -1.58. The van der Waals surface area contributed by atoms with Gasteiger partial charge in [-0.1, -0.05) is 18.2 Å². The van der Waals surface area contributed by atoms with Crippen LogP contribution in [0.5, 0.6) is 0 Å². The van der Waals surface area contributed by atoms with Gasteiger partial charge in [0, 0.05) is 12.6 Å². The summed E-state index contributed by atoms with van der Waals surface area (Å²) < 4.78 is 0. The minimum Gasteiger partial charge on any atom is -0.481 e. The van der Waals surface area contributed by atoms with Crippen LogP contribution in [0.2, 0.25) is 0 Å². The van der Waals surface area contributed by atoms with Crippen molar-refractivity contribution in [3.63, 3.8) is 0 Å². The molecule has 0 saturated carbocycles. The first kappa shape index (κ1) is 11.4. The Balaban J connectivity index is 3.57. The largest absolute Gasteiger partial charge is 0.481 e. The maximum absolute atomic E-state index is 10.9. The normalized spacial score (nSPS) is 10.8. The number of amides is 1. The number of hydrogen-bond donors (Lipinski definition) is 2. The van der Waals surface area contributed by atoms with E-state index in [9.17, 15) is 9.59 Å². The van der Waals surface area contributed by atoms with Crippen molar-refractivity contribution in [2.24, 2.45) is 0 Å². The molecule has 0 saturated heterocycles. The lowest BCUT2D eigenvalue weighted by atomic mass is 10.4. The highest BCUT2D eigenvalue weighted by atomic mass is 16.4. The molecular weight excluding hydrogens is 170 g/mol. The fourth-order valence-corrected chi connectivity index (χ4v) is 0.606. The molecule has 0 aromatic heterocycles. The summed E-state index contributed by atoms with van der Waals surface area (Å²) in [5, 5.41) is 10.7. The van der Waals surface area contributed by atoms with Gasteiger partial charge in [0.25, 0.3) is 0 Å². The predicted molar refractivity (Wildman–Crippen MR) is 49.2 cm³/mol. The molecule has 72 valence electrons. The average molecular weight is 183 g/mol. The van der Waals surface area contributed by atoms with Gasteiger partial charge in [-0.15, -0.1) is 0 Å². The summed E-state index contributed by atoms with van der Waals surface area (Å²) in [7, 11) is 0. The van der Waals surface area contributed by atoms with E-state index in [2.05, 4.69) is 5.32 Å². The maximum Gasteiger partial charge on any atom is 0.305 e. The molecule has 2 N–H and O–H groups in total. The number of allylic oxidation sites excluding steroid dienone is 3. The first-order chi connectivity index (χ1) is 6.16. The second-order valence-electron chi connectivity index (χ2n) is 2.32. The summed E-state index contributed by atoms with van der Waals surface area (Å²) in [6.45, 7) is 2.00. The van der Waals surface area contributed by atoms with E-state index in [0.29, 0.717) is 0 Å². The lowest BCUT2D eigenvalue weighted by molar-refractivity contribution is -0.136. The van der Waals surface area contributed by atoms with E-state index >= 15 is 0 Å². The van der Waals surface area contributed by atoms with Crippen LogP contribution < -0.4 is 5.32 Å². The van der Waals surface area contributed by atoms with E-state index < -0.39 is 5.97 Å². The van der Waals surface area contributed by atoms with Gasteiger partial charge in [0.05, 0.1) is 6.42 Å². The standard InChI is InChI=1S/C9H13NO3/c1-2-3-4-5-8(11)10-7-6-9(12)13/h2-5H,6-7H2,1H3,(H,10,11)(H,12,13)/b3-2+,5-4+. The zero-order valence-electron chi connectivity index (χ0n) is 7.49. The van der Waals surface area contributed by atoms with Crippen molar-refractivity contribution < 1.29 is 14.7 Å². The second kappa shape index (κ2) is 7.09. The van der Waals surface area contributed by atoms with E-state index in [1.807, 2.05) is 6.92 Å². The van der Waals surface area contributed by atoms with Gasteiger partial charge in [0.2, 0.25) is 5.91 Å². The van der Waals surface area contributed by atoms with E-state index in [4.69, 9.17) is 5.11 Å². The van der Waals surface area contributed by atoms with Crippen LogP contribution in [0, 0.1) is 0 Å². The Bertz CT molecular complexity index is 231. The summed E-state index contributed by atoms with van der Waals surface area (Å²) in [5.41, 5.74) is 0. The van der Waals surface area contributed by atoms with Crippen molar-refractivity contribution >= 4 is 11.9 Å². The number of carboxylic acid groups (broad SMARTS) is 1. The van der Waals surface area contributed by atoms with Crippen LogP contribution >= 0.6 is 0 Å². The van der Waals surface area contributed by atoms with Gasteiger partial charge >= 0.3 is 5.97 Å². The molecule has 13 heavy (non-hydrogen) atoms. The van der Waals surface area contributed by atoms with Gasteiger partial charge in [-0.25, -0.2) is 0 Å². The first-order valence-electron chi connectivity index (χ1n) is 3.95. The van der Waals surface area contributed by atoms with Crippen LogP contribution in [-0.4, -0.2) is 23.5 Å². The van der Waals surface area contributed by atoms with E-state index in [1.165, 1.54) is 6.08 Å². The molecule has 0 fully saturated rings. The Morgan fingerprint density at radius 3 is 2.62 bits per heavy atom. The zero-order chi connectivity index (χ0) is 10.1. The first-order valence-corrected chi connectivity index (χ1v) is 3.95. The lowest BCUT2D eigenvalue weighted by Gasteiger charge is -1.96. The fraction of sp³-hybridized carbons (Fsp3) is 0.333. The third-order valence-electron chi connectivity index (χ3n) is 1.19. The van der Waals surface area contributed by atoms with Crippen molar-refractivity contribution in [2.75, 3.05) is 6.54 Å². The van der Waals surface area contributed by atoms with Gasteiger partial charge in [-0.2, -0.15) is 0 Å². The summed E-state index contributed by atoms with van der Waals surface area (Å²) >= 11 is 0. The third kappa shape index (κ3) is 8.33. The van der Waals surface area contributed by atoms with E-state index in [-0.39, 0.29) is 18.9 Å². The molecule has 4 heteroatoms. The SMILES string of the molecule is C/C=C/C=C/C(=O)NCCC(=O)O. The molecule has 0 rings (SSSR count). The Morgan fingerprint density at radius 1 is 1.38 bits per heavy atom. The van der Waals surface area contributed by atoms with Gasteiger partial charge in [-0.05, 0) is 6.92 Å². The highest BCUT2D eigenvalue weighted by Crippen LogP contribution is 1.79. The molecule has 0 atom stereocenters. The molecule has 0 radical (unpaired) electrons. The molecule has 0 heterocycles. The number of carbonyl (C=O) groups excluding carboxylic acids is 1. The zero-order valence-corrected chi connectivity index (χ0v) is 7.49. The van der Waals surface area contributed by atoms with Crippen LogP contribution in [0.15, 0.2) is 24.3 Å². The van der Waals surface area contributed by atoms with Crippen LogP contribution in [0.25, 0.3) is 0 Å². The number of nitrogens with one attached hydrogen (secondary N) is 1. The molecule has 0 spiro atoms. The quantitative estimate of drug-likeness (QED) is 0.487. The number of rotatable bonds is 5. The fourth-order valence-electron chi connectivity index (χ4n) is 0.606. The molecule has 0 aliphatic carbocycles. The average Bonchev–Trinajstić information content (AvgIpc) is 2.04. The third-order valence-corrected chi connectivity index (χ3v) is 1.19. The Labute approximate surface area is 76.9 Å². The molecule has 0 unspecified atom stereocenters. The molecule has 0 aliphatic heterocycles. The topological polar surface area (TPSA) is 66.4 Å². The van der Waals surface area contributed by atoms with Crippen molar-refractivity contribution in [2.45, 2.75) is 13.3 Å². The summed E-state index contributed by atoms with van der Waals surface area (Å²) in [4.78, 5) is 20.9. The van der Waals surface area contributed by atoms with E-state index in [0.717, 1.165) is 0 Å². The second-order valence-corrected chi connectivity index (χ2v) is 2.32. The Kier molecular flexibility index (Phi) is 6.23. The summed E-state index contributed by atoms with van der Waals surface area (Å²) in [6.07, 6.45) is 6.40. The molecule has 0 bridgehead atoms. The monoisotopic (exact) mass is 183 g/mol. The van der Waals surface area contributed by atoms with Crippen molar-refractivity contribution in [1.82, 2.24) is 5.32 Å². The molecule has 0 aromatic rings. The van der Waals surface area contributed by atoms with Crippen LogP contribution in [0.3, 0.4) is 0 Å². The van der Waals surface area contributed by atoms with E-state index in [1.54, 1.807) is 18.2 Å². The van der Waals surface area contributed by atoms with Crippen LogP contribution in [0.4, 0.5) is 0 Å². The van der Waals surface area contributed by atoms with Crippen LogP contribution in [0.1, 0.15) is 13.3 Å². The van der Waals surface area contributed by atoms with Crippen LogP contribution in [-0.2, 0) is 9.59 Å². The Morgan fingerprint density at radius 2 is 2.08 bits per heavy atom. The smallest absolute Gasteiger partial charge is 0.305 e. The molecule has 0 aliphatic rings.